The molecule has 1 amide bonds. The third-order valence-corrected chi connectivity index (χ3v) is 3.31. The number of nitriles is 1. The van der Waals surface area contributed by atoms with E-state index in [1.54, 1.807) is 30.5 Å². The van der Waals surface area contributed by atoms with Crippen molar-refractivity contribution in [3.63, 3.8) is 0 Å². The van der Waals surface area contributed by atoms with Gasteiger partial charge in [-0.1, -0.05) is 12.1 Å². The number of carbonyl (C=O) groups is 1. The topological polar surface area (TPSA) is 84.2 Å². The molecule has 1 heterocycles. The van der Waals surface area contributed by atoms with Crippen LogP contribution in [0.4, 0.5) is 0 Å². The SMILES string of the molecule is COc1cc(/C=C/C(=O)NCCc2ccccn2)ccc1OCC#N. The number of carbonyl (C=O) groups excluding carboxylic acids is 1. The average Bonchev–Trinajstić information content (AvgIpc) is 2.65. The number of aromatic nitrogens is 1. The van der Waals surface area contributed by atoms with E-state index in [1.807, 2.05) is 24.3 Å². The van der Waals surface area contributed by atoms with E-state index in [-0.39, 0.29) is 12.5 Å². The van der Waals surface area contributed by atoms with Crippen molar-refractivity contribution >= 4 is 12.0 Å². The van der Waals surface area contributed by atoms with Gasteiger partial charge >= 0.3 is 0 Å². The molecule has 2 rings (SSSR count). The molecule has 1 aromatic heterocycles. The molecule has 0 spiro atoms. The van der Waals surface area contributed by atoms with Crippen LogP contribution in [-0.4, -0.2) is 31.2 Å². The third kappa shape index (κ3) is 5.99. The van der Waals surface area contributed by atoms with Crippen molar-refractivity contribution in [1.29, 1.82) is 5.26 Å². The van der Waals surface area contributed by atoms with Gasteiger partial charge in [0.25, 0.3) is 0 Å². The lowest BCUT2D eigenvalue weighted by atomic mass is 10.2. The Morgan fingerprint density at radius 1 is 1.32 bits per heavy atom. The summed E-state index contributed by atoms with van der Waals surface area (Å²) < 4.78 is 10.5. The van der Waals surface area contributed by atoms with Crippen molar-refractivity contribution in [2.24, 2.45) is 0 Å². The lowest BCUT2D eigenvalue weighted by molar-refractivity contribution is -0.116. The molecule has 0 aliphatic carbocycles. The molecule has 0 aliphatic heterocycles. The van der Waals surface area contributed by atoms with Crippen molar-refractivity contribution in [2.75, 3.05) is 20.3 Å². The number of ether oxygens (including phenoxy) is 2. The number of rotatable bonds is 8. The van der Waals surface area contributed by atoms with Gasteiger partial charge in [-0.25, -0.2) is 0 Å². The summed E-state index contributed by atoms with van der Waals surface area (Å²) in [5.74, 6) is 0.814. The maximum absolute atomic E-state index is 11.9. The molecule has 0 bridgehead atoms. The number of nitrogens with one attached hydrogen (secondary N) is 1. The lowest BCUT2D eigenvalue weighted by Gasteiger charge is -2.08. The summed E-state index contributed by atoms with van der Waals surface area (Å²) in [6.45, 7) is 0.467. The average molecular weight is 337 g/mol. The molecular formula is C19H19N3O3. The highest BCUT2D eigenvalue weighted by Crippen LogP contribution is 2.28. The number of methoxy groups -OCH3 is 1. The molecule has 0 saturated heterocycles. The number of pyridine rings is 1. The molecule has 25 heavy (non-hydrogen) atoms. The fourth-order valence-electron chi connectivity index (χ4n) is 2.11. The number of benzene rings is 1. The Balaban J connectivity index is 1.87. The summed E-state index contributed by atoms with van der Waals surface area (Å²) in [5.41, 5.74) is 1.73. The minimum atomic E-state index is -0.181. The molecule has 0 unspecified atom stereocenters. The number of nitrogens with zero attached hydrogens (tertiary/aromatic N) is 2. The summed E-state index contributed by atoms with van der Waals surface area (Å²) in [5, 5.41) is 11.4. The lowest BCUT2D eigenvalue weighted by Crippen LogP contribution is -2.23. The van der Waals surface area contributed by atoms with E-state index >= 15 is 0 Å². The first-order chi connectivity index (χ1) is 12.2. The normalized spacial score (nSPS) is 10.2. The Morgan fingerprint density at radius 3 is 2.92 bits per heavy atom. The minimum Gasteiger partial charge on any atom is -0.493 e. The second kappa shape index (κ2) is 9.73. The Morgan fingerprint density at radius 2 is 2.20 bits per heavy atom. The van der Waals surface area contributed by atoms with E-state index in [2.05, 4.69) is 10.3 Å². The number of hydrogen-bond acceptors (Lipinski definition) is 5. The summed E-state index contributed by atoms with van der Waals surface area (Å²) in [7, 11) is 1.52. The zero-order valence-electron chi connectivity index (χ0n) is 13.9. The quantitative estimate of drug-likeness (QED) is 0.748. The van der Waals surface area contributed by atoms with Crippen LogP contribution in [0.2, 0.25) is 0 Å². The zero-order valence-corrected chi connectivity index (χ0v) is 13.9. The first-order valence-corrected chi connectivity index (χ1v) is 7.76. The van der Waals surface area contributed by atoms with Crippen molar-refractivity contribution in [3.05, 3.63) is 59.9 Å². The van der Waals surface area contributed by atoms with Crippen LogP contribution in [0.1, 0.15) is 11.3 Å². The van der Waals surface area contributed by atoms with E-state index in [0.29, 0.717) is 24.5 Å². The van der Waals surface area contributed by atoms with Gasteiger partial charge < -0.3 is 14.8 Å². The van der Waals surface area contributed by atoms with Crippen LogP contribution >= 0.6 is 0 Å². The third-order valence-electron chi connectivity index (χ3n) is 3.31. The van der Waals surface area contributed by atoms with E-state index in [0.717, 1.165) is 11.3 Å². The molecule has 1 N–H and O–H groups in total. The van der Waals surface area contributed by atoms with Crippen LogP contribution in [0.3, 0.4) is 0 Å². The van der Waals surface area contributed by atoms with Gasteiger partial charge in [0.05, 0.1) is 7.11 Å². The fourth-order valence-corrected chi connectivity index (χ4v) is 2.11. The molecule has 0 saturated carbocycles. The maximum Gasteiger partial charge on any atom is 0.244 e. The highest BCUT2D eigenvalue weighted by Gasteiger charge is 2.05. The maximum atomic E-state index is 11.9. The van der Waals surface area contributed by atoms with Crippen LogP contribution in [0.25, 0.3) is 6.08 Å². The predicted molar refractivity (Wildman–Crippen MR) is 94.1 cm³/mol. The van der Waals surface area contributed by atoms with Gasteiger partial charge in [-0.05, 0) is 35.9 Å². The van der Waals surface area contributed by atoms with Crippen LogP contribution in [0.15, 0.2) is 48.7 Å². The Hall–Kier alpha value is -3.33. The van der Waals surface area contributed by atoms with Crippen LogP contribution in [0, 0.1) is 11.3 Å². The van der Waals surface area contributed by atoms with Crippen LogP contribution < -0.4 is 14.8 Å². The molecule has 0 atom stereocenters. The molecule has 0 aliphatic rings. The molecule has 128 valence electrons. The first-order valence-electron chi connectivity index (χ1n) is 7.76. The molecule has 1 aromatic carbocycles. The molecule has 6 nitrogen and oxygen atoms in total. The van der Waals surface area contributed by atoms with E-state index in [1.165, 1.54) is 13.2 Å². The zero-order chi connectivity index (χ0) is 17.9. The van der Waals surface area contributed by atoms with Crippen molar-refractivity contribution in [3.8, 4) is 17.6 Å². The number of hydrogen-bond donors (Lipinski definition) is 1. The number of amides is 1. The van der Waals surface area contributed by atoms with Crippen LogP contribution in [0.5, 0.6) is 11.5 Å². The van der Waals surface area contributed by atoms with Gasteiger partial charge in [0, 0.05) is 30.9 Å². The van der Waals surface area contributed by atoms with Crippen molar-refractivity contribution in [2.45, 2.75) is 6.42 Å². The van der Waals surface area contributed by atoms with E-state index < -0.39 is 0 Å². The molecule has 0 fully saturated rings. The second-order valence-corrected chi connectivity index (χ2v) is 5.05. The van der Waals surface area contributed by atoms with Gasteiger partial charge in [0.1, 0.15) is 6.07 Å². The van der Waals surface area contributed by atoms with Crippen LogP contribution in [-0.2, 0) is 11.2 Å². The highest BCUT2D eigenvalue weighted by molar-refractivity contribution is 5.91. The Bertz CT molecular complexity index is 767. The summed E-state index contributed by atoms with van der Waals surface area (Å²) in [4.78, 5) is 16.1. The molecule has 0 radical (unpaired) electrons. The van der Waals surface area contributed by atoms with E-state index in [4.69, 9.17) is 14.7 Å². The van der Waals surface area contributed by atoms with Gasteiger partial charge in [0.15, 0.2) is 18.1 Å². The van der Waals surface area contributed by atoms with Gasteiger partial charge in [-0.15, -0.1) is 0 Å². The molecular weight excluding hydrogens is 318 g/mol. The smallest absolute Gasteiger partial charge is 0.244 e. The van der Waals surface area contributed by atoms with Gasteiger partial charge in [-0.2, -0.15) is 5.26 Å². The minimum absolute atomic E-state index is 0.0514. The van der Waals surface area contributed by atoms with Crippen molar-refractivity contribution < 1.29 is 14.3 Å². The molecule has 6 heteroatoms. The Labute approximate surface area is 146 Å². The molecule has 2 aromatic rings. The first kappa shape index (κ1) is 18.0. The highest BCUT2D eigenvalue weighted by atomic mass is 16.5. The van der Waals surface area contributed by atoms with Crippen molar-refractivity contribution in [1.82, 2.24) is 10.3 Å². The van der Waals surface area contributed by atoms with E-state index in [9.17, 15) is 4.79 Å². The fraction of sp³-hybridized carbons (Fsp3) is 0.211. The summed E-state index contributed by atoms with van der Waals surface area (Å²) >= 11 is 0. The standard InChI is InChI=1S/C19H19N3O3/c1-24-18-14-15(5-7-17(18)25-13-10-20)6-8-19(23)22-12-9-16-4-2-3-11-21-16/h2-8,11,14H,9,12-13H2,1H3,(H,22,23)/b8-6+. The van der Waals surface area contributed by atoms with Gasteiger partial charge in [-0.3, -0.25) is 9.78 Å². The summed E-state index contributed by atoms with van der Waals surface area (Å²) in [6, 6.07) is 12.8. The summed E-state index contributed by atoms with van der Waals surface area (Å²) in [6.07, 6.45) is 5.56. The monoisotopic (exact) mass is 337 g/mol. The van der Waals surface area contributed by atoms with Gasteiger partial charge in [0.2, 0.25) is 5.91 Å². The predicted octanol–water partition coefficient (Wildman–Crippen LogP) is 2.36. The largest absolute Gasteiger partial charge is 0.493 e. The second-order valence-electron chi connectivity index (χ2n) is 5.05. The Kier molecular flexibility index (Phi) is 7.01.